The molecule has 1 rings (SSSR count). The molecule has 1 aliphatic carbocycles. The maximum absolute atomic E-state index is 12.1. The molecule has 0 aromatic rings. The summed E-state index contributed by atoms with van der Waals surface area (Å²) in [5.74, 6) is 0.621. The van der Waals surface area contributed by atoms with E-state index in [2.05, 4.69) is 6.08 Å². The van der Waals surface area contributed by atoms with Crippen molar-refractivity contribution in [2.75, 3.05) is 12.3 Å². The van der Waals surface area contributed by atoms with Gasteiger partial charge >= 0.3 is 0 Å². The monoisotopic (exact) mass is 257 g/mol. The highest BCUT2D eigenvalue weighted by atomic mass is 32.2. The predicted octanol–water partition coefficient (Wildman–Crippen LogP) is 2.41. The molecule has 0 radical (unpaired) electrons. The molecule has 98 valence electrons. The van der Waals surface area contributed by atoms with Crippen LogP contribution in [0.3, 0.4) is 0 Å². The molecule has 0 aliphatic heterocycles. The maximum atomic E-state index is 12.1. The van der Waals surface area contributed by atoms with Crippen LogP contribution in [-0.2, 0) is 4.79 Å². The minimum Gasteiger partial charge on any atom is -0.392 e. The third-order valence-electron chi connectivity index (χ3n) is 3.13. The largest absolute Gasteiger partial charge is 0.392 e. The molecule has 0 saturated heterocycles. The van der Waals surface area contributed by atoms with Crippen LogP contribution in [0, 0.1) is 0 Å². The second-order valence-corrected chi connectivity index (χ2v) is 5.85. The molecule has 2 atom stereocenters. The molecular formula is C13H23NO2S. The summed E-state index contributed by atoms with van der Waals surface area (Å²) in [5.41, 5.74) is 1.18. The molecule has 0 saturated carbocycles. The number of carbonyl (C=O) groups excluding carboxylic acids is 1. The molecule has 0 aromatic carbocycles. The van der Waals surface area contributed by atoms with Gasteiger partial charge in [-0.3, -0.25) is 4.79 Å². The molecule has 0 fully saturated rings. The average molecular weight is 257 g/mol. The lowest BCUT2D eigenvalue weighted by Gasteiger charge is -2.23. The van der Waals surface area contributed by atoms with E-state index in [-0.39, 0.29) is 17.3 Å². The number of aliphatic hydroxyl groups is 1. The highest BCUT2D eigenvalue weighted by Crippen LogP contribution is 2.23. The Hall–Kier alpha value is -0.480. The van der Waals surface area contributed by atoms with Gasteiger partial charge in [0.1, 0.15) is 0 Å². The topological polar surface area (TPSA) is 40.5 Å². The van der Waals surface area contributed by atoms with E-state index in [1.807, 2.05) is 18.7 Å². The van der Waals surface area contributed by atoms with E-state index in [0.29, 0.717) is 5.75 Å². The van der Waals surface area contributed by atoms with Crippen LogP contribution in [0.2, 0.25) is 0 Å². The van der Waals surface area contributed by atoms with Gasteiger partial charge in [0.25, 0.3) is 0 Å². The normalized spacial score (nSPS) is 18.7. The van der Waals surface area contributed by atoms with Crippen molar-refractivity contribution in [3.05, 3.63) is 11.8 Å². The van der Waals surface area contributed by atoms with Gasteiger partial charge in [-0.15, -0.1) is 11.8 Å². The number of amides is 1. The Balaban J connectivity index is 2.44. The van der Waals surface area contributed by atoms with Gasteiger partial charge < -0.3 is 10.0 Å². The molecule has 0 heterocycles. The van der Waals surface area contributed by atoms with Crippen LogP contribution in [-0.4, -0.2) is 39.6 Å². The fourth-order valence-corrected chi connectivity index (χ4v) is 2.70. The number of thioether (sulfide) groups is 1. The molecule has 0 bridgehead atoms. The third kappa shape index (κ3) is 4.36. The second kappa shape index (κ2) is 7.07. The van der Waals surface area contributed by atoms with Gasteiger partial charge in [0.05, 0.1) is 11.9 Å². The van der Waals surface area contributed by atoms with Crippen molar-refractivity contribution in [3.63, 3.8) is 0 Å². The first-order chi connectivity index (χ1) is 8.06. The second-order valence-electron chi connectivity index (χ2n) is 4.48. The molecule has 3 nitrogen and oxygen atoms in total. The van der Waals surface area contributed by atoms with Crippen LogP contribution >= 0.6 is 11.8 Å². The highest BCUT2D eigenvalue weighted by Gasteiger charge is 2.20. The predicted molar refractivity (Wildman–Crippen MR) is 72.9 cm³/mol. The van der Waals surface area contributed by atoms with Crippen LogP contribution < -0.4 is 0 Å². The number of carbonyl (C=O) groups is 1. The van der Waals surface area contributed by atoms with Gasteiger partial charge in [-0.1, -0.05) is 13.0 Å². The van der Waals surface area contributed by atoms with Crippen molar-refractivity contribution in [3.8, 4) is 0 Å². The third-order valence-corrected chi connectivity index (χ3v) is 4.46. The molecule has 1 aliphatic rings. The van der Waals surface area contributed by atoms with Crippen LogP contribution in [0.5, 0.6) is 0 Å². The SMILES string of the molecule is CCN(C(=O)CSC(C)C(C)O)C1=CCCC1. The van der Waals surface area contributed by atoms with Crippen LogP contribution in [0.25, 0.3) is 0 Å². The summed E-state index contributed by atoms with van der Waals surface area (Å²) in [7, 11) is 0. The molecule has 17 heavy (non-hydrogen) atoms. The van der Waals surface area contributed by atoms with Crippen LogP contribution in [0.15, 0.2) is 11.8 Å². The molecule has 1 amide bonds. The van der Waals surface area contributed by atoms with Crippen molar-refractivity contribution in [1.29, 1.82) is 0 Å². The molecule has 4 heteroatoms. The van der Waals surface area contributed by atoms with Gasteiger partial charge in [0.15, 0.2) is 0 Å². The Labute approximate surface area is 108 Å². The maximum Gasteiger partial charge on any atom is 0.236 e. The van der Waals surface area contributed by atoms with Gasteiger partial charge in [-0.2, -0.15) is 0 Å². The van der Waals surface area contributed by atoms with Crippen LogP contribution in [0.4, 0.5) is 0 Å². The summed E-state index contributed by atoms with van der Waals surface area (Å²) in [6.07, 6.45) is 5.08. The van der Waals surface area contributed by atoms with Crippen molar-refractivity contribution >= 4 is 17.7 Å². The molecule has 2 unspecified atom stereocenters. The number of allylic oxidation sites excluding steroid dienone is 2. The molecule has 0 aromatic heterocycles. The number of hydrogen-bond donors (Lipinski definition) is 1. The summed E-state index contributed by atoms with van der Waals surface area (Å²) in [4.78, 5) is 14.0. The average Bonchev–Trinajstić information content (AvgIpc) is 2.80. The Morgan fingerprint density at radius 2 is 2.29 bits per heavy atom. The van der Waals surface area contributed by atoms with Gasteiger partial charge in [0.2, 0.25) is 5.91 Å². The zero-order valence-electron chi connectivity index (χ0n) is 11.0. The molecular weight excluding hydrogens is 234 g/mol. The molecule has 0 spiro atoms. The van der Waals surface area contributed by atoms with Crippen molar-refractivity contribution in [1.82, 2.24) is 4.90 Å². The fourth-order valence-electron chi connectivity index (χ4n) is 1.86. The summed E-state index contributed by atoms with van der Waals surface area (Å²) < 4.78 is 0. The summed E-state index contributed by atoms with van der Waals surface area (Å²) >= 11 is 1.53. The Morgan fingerprint density at radius 1 is 1.59 bits per heavy atom. The lowest BCUT2D eigenvalue weighted by molar-refractivity contribution is -0.126. The van der Waals surface area contributed by atoms with E-state index in [4.69, 9.17) is 0 Å². The summed E-state index contributed by atoms with van der Waals surface area (Å²) in [6, 6.07) is 0. The standard InChI is InChI=1S/C13H23NO2S/c1-4-14(12-7-5-6-8-12)13(16)9-17-11(3)10(2)15/h7,10-11,15H,4-6,8-9H2,1-3H3. The number of hydrogen-bond acceptors (Lipinski definition) is 3. The van der Waals surface area contributed by atoms with E-state index in [0.717, 1.165) is 25.8 Å². The lowest BCUT2D eigenvalue weighted by atomic mass is 10.3. The van der Waals surface area contributed by atoms with Crippen LogP contribution in [0.1, 0.15) is 40.0 Å². The first kappa shape index (κ1) is 14.6. The lowest BCUT2D eigenvalue weighted by Crippen LogP contribution is -2.32. The van der Waals surface area contributed by atoms with E-state index < -0.39 is 0 Å². The first-order valence-corrected chi connectivity index (χ1v) is 7.40. The van der Waals surface area contributed by atoms with E-state index >= 15 is 0 Å². The van der Waals surface area contributed by atoms with E-state index in [9.17, 15) is 9.90 Å². The Morgan fingerprint density at radius 3 is 2.76 bits per heavy atom. The Kier molecular flexibility index (Phi) is 6.06. The summed E-state index contributed by atoms with van der Waals surface area (Å²) in [6.45, 7) is 6.47. The van der Waals surface area contributed by atoms with Crippen molar-refractivity contribution in [2.24, 2.45) is 0 Å². The quantitative estimate of drug-likeness (QED) is 0.794. The van der Waals surface area contributed by atoms with E-state index in [1.54, 1.807) is 6.92 Å². The zero-order valence-corrected chi connectivity index (χ0v) is 11.8. The van der Waals surface area contributed by atoms with E-state index in [1.165, 1.54) is 17.5 Å². The van der Waals surface area contributed by atoms with Gasteiger partial charge in [-0.05, 0) is 33.1 Å². The number of aliphatic hydroxyl groups excluding tert-OH is 1. The first-order valence-electron chi connectivity index (χ1n) is 6.35. The minimum absolute atomic E-state index is 0.107. The molecule has 1 N–H and O–H groups in total. The highest BCUT2D eigenvalue weighted by molar-refractivity contribution is 8.00. The van der Waals surface area contributed by atoms with Crippen molar-refractivity contribution in [2.45, 2.75) is 51.4 Å². The number of rotatable bonds is 6. The minimum atomic E-state index is -0.367. The zero-order chi connectivity index (χ0) is 12.8. The van der Waals surface area contributed by atoms with Gasteiger partial charge in [0, 0.05) is 17.5 Å². The Bertz CT molecular complexity index is 289. The van der Waals surface area contributed by atoms with Crippen molar-refractivity contribution < 1.29 is 9.90 Å². The van der Waals surface area contributed by atoms with Gasteiger partial charge in [-0.25, -0.2) is 0 Å². The fraction of sp³-hybridized carbons (Fsp3) is 0.769. The number of nitrogens with zero attached hydrogens (tertiary/aromatic N) is 1. The summed E-state index contributed by atoms with van der Waals surface area (Å²) in [5, 5.41) is 9.49. The smallest absolute Gasteiger partial charge is 0.236 e.